The van der Waals surface area contributed by atoms with Gasteiger partial charge in [-0.2, -0.15) is 13.2 Å². The number of pyridine rings is 1. The van der Waals surface area contributed by atoms with E-state index in [1.165, 1.54) is 0 Å². The van der Waals surface area contributed by atoms with Gasteiger partial charge in [-0.3, -0.25) is 4.79 Å². The van der Waals surface area contributed by atoms with Gasteiger partial charge in [0.25, 0.3) is 6.43 Å². The zero-order valence-corrected chi connectivity index (χ0v) is 7.61. The van der Waals surface area contributed by atoms with Gasteiger partial charge in [-0.1, -0.05) is 0 Å². The molecule has 0 fully saturated rings. The molecule has 0 bridgehead atoms. The number of nitrogens with one attached hydrogen (secondary N) is 1. The van der Waals surface area contributed by atoms with Crippen LogP contribution in [0.1, 0.15) is 23.2 Å². The lowest BCUT2D eigenvalue weighted by Crippen LogP contribution is -2.20. The predicted molar refractivity (Wildman–Crippen MR) is 42.9 cm³/mol. The second-order valence-corrected chi connectivity index (χ2v) is 2.90. The van der Waals surface area contributed by atoms with Crippen molar-refractivity contribution in [2.75, 3.05) is 0 Å². The molecule has 1 heterocycles. The third-order valence-corrected chi connectivity index (χ3v) is 1.87. The molecule has 16 heavy (non-hydrogen) atoms. The standard InChI is InChI=1S/C8H6F5NO2/c9-7(10)6-3(2-15)4(8(11,12)13)1-5(16)14-6/h1,7,15H,2H2,(H,14,16). The van der Waals surface area contributed by atoms with E-state index in [4.69, 9.17) is 5.11 Å². The normalized spacial score (nSPS) is 12.2. The van der Waals surface area contributed by atoms with E-state index >= 15 is 0 Å². The number of halogens is 5. The second-order valence-electron chi connectivity index (χ2n) is 2.90. The topological polar surface area (TPSA) is 53.1 Å². The minimum absolute atomic E-state index is 0.136. The predicted octanol–water partition coefficient (Wildman–Crippen LogP) is 1.82. The van der Waals surface area contributed by atoms with Gasteiger partial charge in [-0.15, -0.1) is 0 Å². The highest BCUT2D eigenvalue weighted by Crippen LogP contribution is 2.34. The summed E-state index contributed by atoms with van der Waals surface area (Å²) in [7, 11) is 0. The molecule has 0 amide bonds. The van der Waals surface area contributed by atoms with E-state index in [9.17, 15) is 26.7 Å². The summed E-state index contributed by atoms with van der Waals surface area (Å²) in [6, 6.07) is 0.136. The van der Waals surface area contributed by atoms with Gasteiger partial charge < -0.3 is 10.1 Å². The van der Waals surface area contributed by atoms with Crippen molar-refractivity contribution in [2.24, 2.45) is 0 Å². The van der Waals surface area contributed by atoms with Crippen LogP contribution >= 0.6 is 0 Å². The molecule has 0 radical (unpaired) electrons. The zero-order chi connectivity index (χ0) is 12.5. The number of rotatable bonds is 2. The van der Waals surface area contributed by atoms with Crippen molar-refractivity contribution >= 4 is 0 Å². The number of hydrogen-bond donors (Lipinski definition) is 2. The fourth-order valence-electron chi connectivity index (χ4n) is 1.22. The Morgan fingerprint density at radius 3 is 2.31 bits per heavy atom. The first-order chi connectivity index (χ1) is 7.27. The largest absolute Gasteiger partial charge is 0.417 e. The fourth-order valence-corrected chi connectivity index (χ4v) is 1.22. The van der Waals surface area contributed by atoms with Crippen LogP contribution in [0.3, 0.4) is 0 Å². The molecule has 0 aromatic carbocycles. The van der Waals surface area contributed by atoms with Crippen LogP contribution in [0, 0.1) is 0 Å². The van der Waals surface area contributed by atoms with Crippen LogP contribution in [0.25, 0.3) is 0 Å². The molecule has 1 aromatic rings. The Balaban J connectivity index is 3.55. The van der Waals surface area contributed by atoms with Crippen molar-refractivity contribution < 1.29 is 27.1 Å². The highest BCUT2D eigenvalue weighted by Gasteiger charge is 2.36. The molecular formula is C8H6F5NO2. The van der Waals surface area contributed by atoms with Gasteiger partial charge in [-0.05, 0) is 0 Å². The van der Waals surface area contributed by atoms with Gasteiger partial charge in [0, 0.05) is 11.6 Å². The SMILES string of the molecule is O=c1cc(C(F)(F)F)c(CO)c(C(F)F)[nH]1. The van der Waals surface area contributed by atoms with E-state index in [-0.39, 0.29) is 6.07 Å². The number of H-pyrrole nitrogens is 1. The molecule has 2 N–H and O–H groups in total. The van der Waals surface area contributed by atoms with Crippen molar-refractivity contribution in [1.82, 2.24) is 4.98 Å². The number of hydrogen-bond acceptors (Lipinski definition) is 2. The van der Waals surface area contributed by atoms with Gasteiger partial charge in [0.1, 0.15) is 0 Å². The monoisotopic (exact) mass is 243 g/mol. The zero-order valence-electron chi connectivity index (χ0n) is 7.61. The summed E-state index contributed by atoms with van der Waals surface area (Å²) >= 11 is 0. The Morgan fingerprint density at radius 2 is 1.94 bits per heavy atom. The van der Waals surface area contributed by atoms with E-state index < -0.39 is 41.6 Å². The number of aliphatic hydroxyl groups is 1. The Hall–Kier alpha value is -1.44. The van der Waals surface area contributed by atoms with E-state index in [1.54, 1.807) is 4.98 Å². The first kappa shape index (κ1) is 12.6. The Labute approximate surface area is 85.5 Å². The number of aromatic nitrogens is 1. The van der Waals surface area contributed by atoms with E-state index in [1.807, 2.05) is 0 Å². The van der Waals surface area contributed by atoms with E-state index in [0.29, 0.717) is 0 Å². The third-order valence-electron chi connectivity index (χ3n) is 1.87. The van der Waals surface area contributed by atoms with Gasteiger partial charge in [0.2, 0.25) is 5.56 Å². The van der Waals surface area contributed by atoms with Crippen LogP contribution in [-0.4, -0.2) is 10.1 Å². The third kappa shape index (κ3) is 2.38. The molecular weight excluding hydrogens is 237 g/mol. The summed E-state index contributed by atoms with van der Waals surface area (Å²) in [5, 5.41) is 8.65. The van der Waals surface area contributed by atoms with Gasteiger partial charge in [0.05, 0.1) is 17.9 Å². The lowest BCUT2D eigenvalue weighted by molar-refractivity contribution is -0.139. The first-order valence-electron chi connectivity index (χ1n) is 3.99. The van der Waals surface area contributed by atoms with Crippen LogP contribution in [0.15, 0.2) is 10.9 Å². The average Bonchev–Trinajstić information content (AvgIpc) is 2.14. The van der Waals surface area contributed by atoms with Crippen molar-refractivity contribution in [2.45, 2.75) is 19.2 Å². The Morgan fingerprint density at radius 1 is 1.38 bits per heavy atom. The highest BCUT2D eigenvalue weighted by atomic mass is 19.4. The molecule has 1 aromatic heterocycles. The van der Waals surface area contributed by atoms with Crippen molar-refractivity contribution in [3.05, 3.63) is 33.2 Å². The molecule has 0 saturated heterocycles. The molecule has 3 nitrogen and oxygen atoms in total. The van der Waals surface area contributed by atoms with Gasteiger partial charge in [0.15, 0.2) is 0 Å². The Kier molecular flexibility index (Phi) is 3.32. The maximum Gasteiger partial charge on any atom is 0.417 e. The van der Waals surface area contributed by atoms with E-state index in [0.717, 1.165) is 0 Å². The number of aromatic amines is 1. The molecule has 0 aliphatic heterocycles. The molecule has 0 aliphatic carbocycles. The van der Waals surface area contributed by atoms with Crippen molar-refractivity contribution in [3.63, 3.8) is 0 Å². The summed E-state index contributed by atoms with van der Waals surface area (Å²) in [5.41, 5.74) is -5.06. The van der Waals surface area contributed by atoms with Crippen LogP contribution in [0.4, 0.5) is 22.0 Å². The average molecular weight is 243 g/mol. The molecule has 8 heteroatoms. The molecule has 1 rings (SSSR count). The van der Waals surface area contributed by atoms with Crippen molar-refractivity contribution in [1.29, 1.82) is 0 Å². The summed E-state index contributed by atoms with van der Waals surface area (Å²) in [4.78, 5) is 12.3. The molecule has 0 atom stereocenters. The van der Waals surface area contributed by atoms with Crippen LogP contribution in [-0.2, 0) is 12.8 Å². The maximum atomic E-state index is 12.4. The highest BCUT2D eigenvalue weighted by molar-refractivity contribution is 5.32. The second kappa shape index (κ2) is 4.20. The van der Waals surface area contributed by atoms with Gasteiger partial charge >= 0.3 is 6.18 Å². The summed E-state index contributed by atoms with van der Waals surface area (Å²) in [6.45, 7) is -1.23. The number of alkyl halides is 5. The fraction of sp³-hybridized carbons (Fsp3) is 0.375. The molecule has 0 aliphatic rings. The van der Waals surface area contributed by atoms with Crippen LogP contribution in [0.5, 0.6) is 0 Å². The Bertz CT molecular complexity index is 437. The van der Waals surface area contributed by atoms with E-state index in [2.05, 4.69) is 0 Å². The van der Waals surface area contributed by atoms with Crippen LogP contribution in [0.2, 0.25) is 0 Å². The number of aliphatic hydroxyl groups excluding tert-OH is 1. The minimum Gasteiger partial charge on any atom is -0.392 e. The molecule has 90 valence electrons. The first-order valence-corrected chi connectivity index (χ1v) is 3.99. The summed E-state index contributed by atoms with van der Waals surface area (Å²) in [6.07, 6.45) is -8.26. The lowest BCUT2D eigenvalue weighted by Gasteiger charge is -2.14. The smallest absolute Gasteiger partial charge is 0.392 e. The quantitative estimate of drug-likeness (QED) is 0.778. The summed E-state index contributed by atoms with van der Waals surface area (Å²) < 4.78 is 61.7. The van der Waals surface area contributed by atoms with Crippen LogP contribution < -0.4 is 5.56 Å². The summed E-state index contributed by atoms with van der Waals surface area (Å²) in [5.74, 6) is 0. The molecule has 0 spiro atoms. The minimum atomic E-state index is -4.96. The van der Waals surface area contributed by atoms with Gasteiger partial charge in [-0.25, -0.2) is 8.78 Å². The lowest BCUT2D eigenvalue weighted by atomic mass is 10.1. The van der Waals surface area contributed by atoms with Crippen molar-refractivity contribution in [3.8, 4) is 0 Å². The molecule has 0 saturated carbocycles. The molecule has 0 unspecified atom stereocenters. The maximum absolute atomic E-state index is 12.4.